The Morgan fingerprint density at radius 3 is 2.77 bits per heavy atom. The van der Waals surface area contributed by atoms with Gasteiger partial charge >= 0.3 is 21.1 Å². The molecule has 0 unspecified atom stereocenters. The van der Waals surface area contributed by atoms with E-state index in [-0.39, 0.29) is 34.1 Å². The van der Waals surface area contributed by atoms with Crippen LogP contribution >= 0.6 is 0 Å². The van der Waals surface area contributed by atoms with E-state index in [1.807, 2.05) is 18.2 Å². The van der Waals surface area contributed by atoms with Crippen molar-refractivity contribution in [2.75, 3.05) is 0 Å². The molecule has 0 bridgehead atoms. The van der Waals surface area contributed by atoms with Crippen LogP contribution in [-0.2, 0) is 21.1 Å². The predicted octanol–water partition coefficient (Wildman–Crippen LogP) is 1.17. The van der Waals surface area contributed by atoms with E-state index in [1.165, 1.54) is 0 Å². The fourth-order valence-electron chi connectivity index (χ4n) is 0.938. The molecule has 1 heterocycles. The minimum absolute atomic E-state index is 0. The van der Waals surface area contributed by atoms with Crippen LogP contribution in [0.1, 0.15) is 0 Å². The maximum absolute atomic E-state index is 10.7. The molecule has 0 aliphatic heterocycles. The van der Waals surface area contributed by atoms with Crippen molar-refractivity contribution in [3.8, 4) is 0 Å². The van der Waals surface area contributed by atoms with Gasteiger partial charge in [0.05, 0.1) is 0 Å². The first-order chi connectivity index (χ1) is 5.36. The van der Waals surface area contributed by atoms with Gasteiger partial charge in [-0.25, -0.2) is 0 Å². The Morgan fingerprint density at radius 1 is 1.31 bits per heavy atom. The average molecular weight is 344 g/mol. The van der Waals surface area contributed by atoms with Gasteiger partial charge in [0.15, 0.2) is 5.56 Å². The van der Waals surface area contributed by atoms with Gasteiger partial charge in [0.25, 0.3) is 0 Å². The van der Waals surface area contributed by atoms with Crippen molar-refractivity contribution >= 4 is 11.0 Å². The molecule has 0 saturated heterocycles. The van der Waals surface area contributed by atoms with Gasteiger partial charge in [-0.05, 0) is 5.52 Å². The molecule has 0 aliphatic carbocycles. The number of aromatic amines is 1. The summed E-state index contributed by atoms with van der Waals surface area (Å²) in [5.41, 5.74) is 1.21. The van der Waals surface area contributed by atoms with E-state index in [2.05, 4.69) is 16.2 Å². The summed E-state index contributed by atoms with van der Waals surface area (Å²) in [6, 6.07) is 7.33. The van der Waals surface area contributed by atoms with Crippen molar-refractivity contribution in [2.24, 2.45) is 0 Å². The third-order valence-electron chi connectivity index (χ3n) is 1.43. The van der Waals surface area contributed by atoms with Crippen LogP contribution in [0.2, 0.25) is 0 Å². The Balaban J connectivity index is 0.000000720. The van der Waals surface area contributed by atoms with Crippen LogP contribution in [0.15, 0.2) is 29.1 Å². The number of benzene rings is 1. The maximum atomic E-state index is 10.7. The molecule has 2 aromatic rings. The van der Waals surface area contributed by atoms with Crippen LogP contribution in [0.4, 0.5) is 0 Å². The third-order valence-corrected chi connectivity index (χ3v) is 1.43. The van der Waals surface area contributed by atoms with Crippen LogP contribution in [0, 0.1) is 13.6 Å². The largest absolute Gasteiger partial charge is 2.00 e. The number of H-pyrrole nitrogens is 1. The van der Waals surface area contributed by atoms with Gasteiger partial charge < -0.3 is 17.4 Å². The van der Waals surface area contributed by atoms with Crippen LogP contribution in [0.25, 0.3) is 11.0 Å². The van der Waals surface area contributed by atoms with E-state index in [4.69, 9.17) is 0 Å². The quantitative estimate of drug-likeness (QED) is 0.730. The zero-order chi connectivity index (χ0) is 7.68. The van der Waals surface area contributed by atoms with Gasteiger partial charge in [0, 0.05) is 0 Å². The first-order valence-electron chi connectivity index (χ1n) is 3.23. The number of hydrogen-bond acceptors (Lipinski definition) is 2. The minimum Gasteiger partial charge on any atom is -0.444 e. The molecule has 1 aromatic carbocycles. The molecule has 0 atom stereocenters. The Kier molecular flexibility index (Phi) is 4.57. The Hall–Kier alpha value is -0.952. The van der Waals surface area contributed by atoms with E-state index in [0.29, 0.717) is 0 Å². The zero-order valence-electron chi connectivity index (χ0n) is 7.07. The Morgan fingerprint density at radius 2 is 2.00 bits per heavy atom. The van der Waals surface area contributed by atoms with Crippen molar-refractivity contribution in [2.45, 2.75) is 0 Å². The van der Waals surface area contributed by atoms with Crippen LogP contribution in [0.3, 0.4) is 0 Å². The molecule has 0 aliphatic rings. The molecule has 13 heavy (non-hydrogen) atoms. The molecule has 0 saturated carbocycles. The molecule has 1 N–H and O–H groups in total. The molecular formula is C9H8N2OW. The van der Waals surface area contributed by atoms with Crippen molar-refractivity contribution in [1.29, 1.82) is 0 Å². The van der Waals surface area contributed by atoms with Crippen molar-refractivity contribution in [3.63, 3.8) is 0 Å². The van der Waals surface area contributed by atoms with Gasteiger partial charge in [-0.1, -0.05) is 29.9 Å². The standard InChI is InChI=1S/C8H5N2O.CH3.W/c11-8-5-9-6-3-1-2-4-7(6)10-8;;/h1-4H,(H,10,11);1H3;/q2*-1;+2. The van der Waals surface area contributed by atoms with E-state index in [1.54, 1.807) is 6.07 Å². The molecule has 0 fully saturated rings. The number of hydrogen-bond donors (Lipinski definition) is 1. The minimum atomic E-state index is -0.288. The van der Waals surface area contributed by atoms with Crippen LogP contribution in [-0.4, -0.2) is 9.97 Å². The first-order valence-corrected chi connectivity index (χ1v) is 3.23. The number of nitrogens with one attached hydrogen (secondary N) is 1. The predicted molar refractivity (Wildman–Crippen MR) is 47.6 cm³/mol. The van der Waals surface area contributed by atoms with Crippen molar-refractivity contribution < 1.29 is 21.1 Å². The molecule has 2 rings (SSSR count). The summed E-state index contributed by atoms with van der Waals surface area (Å²) in [4.78, 5) is 17.1. The number of nitrogens with zero attached hydrogens (tertiary/aromatic N) is 1. The summed E-state index contributed by atoms with van der Waals surface area (Å²) in [7, 11) is 0. The zero-order valence-corrected chi connectivity index (χ0v) is 10.0. The normalized spacial score (nSPS) is 8.62. The number of para-hydroxylation sites is 2. The summed E-state index contributed by atoms with van der Waals surface area (Å²) >= 11 is 0. The number of aromatic nitrogens is 2. The maximum Gasteiger partial charge on any atom is 2.00 e. The summed E-state index contributed by atoms with van der Waals surface area (Å²) in [6.07, 6.45) is 2.31. The molecule has 1 aromatic heterocycles. The molecular weight excluding hydrogens is 336 g/mol. The third kappa shape index (κ3) is 2.49. The van der Waals surface area contributed by atoms with Crippen molar-refractivity contribution in [3.05, 3.63) is 48.2 Å². The molecule has 0 spiro atoms. The monoisotopic (exact) mass is 344 g/mol. The molecule has 3 nitrogen and oxygen atoms in total. The first kappa shape index (κ1) is 12.0. The smallest absolute Gasteiger partial charge is 0.444 e. The average Bonchev–Trinajstić information content (AvgIpc) is 2.04. The fourth-order valence-corrected chi connectivity index (χ4v) is 0.938. The summed E-state index contributed by atoms with van der Waals surface area (Å²) in [5, 5.41) is 0. The van der Waals surface area contributed by atoms with Gasteiger partial charge in [-0.2, -0.15) is 0 Å². The van der Waals surface area contributed by atoms with Crippen LogP contribution < -0.4 is 5.56 Å². The molecule has 4 heteroatoms. The van der Waals surface area contributed by atoms with Gasteiger partial charge in [-0.15, -0.1) is 6.07 Å². The Bertz CT molecular complexity index is 439. The second-order valence-corrected chi connectivity index (χ2v) is 2.19. The van der Waals surface area contributed by atoms with Crippen LogP contribution in [0.5, 0.6) is 0 Å². The van der Waals surface area contributed by atoms with Gasteiger partial charge in [0.2, 0.25) is 0 Å². The summed E-state index contributed by atoms with van der Waals surface area (Å²) in [6.45, 7) is 0. The fraction of sp³-hybridized carbons (Fsp3) is 0. The van der Waals surface area contributed by atoms with E-state index >= 15 is 0 Å². The topological polar surface area (TPSA) is 45.8 Å². The molecule has 66 valence electrons. The van der Waals surface area contributed by atoms with E-state index < -0.39 is 0 Å². The number of rotatable bonds is 0. The van der Waals surface area contributed by atoms with Crippen molar-refractivity contribution in [1.82, 2.24) is 9.97 Å². The number of fused-ring (bicyclic) bond motifs is 1. The second-order valence-electron chi connectivity index (χ2n) is 2.19. The van der Waals surface area contributed by atoms with E-state index in [0.717, 1.165) is 11.0 Å². The SMILES string of the molecule is O=c1[c-]nc2ccccc2[nH]1.[CH3-].[W+2]. The van der Waals surface area contributed by atoms with E-state index in [9.17, 15) is 4.79 Å². The Labute approximate surface area is 90.5 Å². The summed E-state index contributed by atoms with van der Waals surface area (Å²) < 4.78 is 0. The molecule has 0 radical (unpaired) electrons. The summed E-state index contributed by atoms with van der Waals surface area (Å²) in [5.74, 6) is 0. The molecule has 0 amide bonds. The van der Waals surface area contributed by atoms with Gasteiger partial charge in [0.1, 0.15) is 0 Å². The van der Waals surface area contributed by atoms with Gasteiger partial charge in [-0.3, -0.25) is 4.79 Å². The second kappa shape index (κ2) is 4.93.